The van der Waals surface area contributed by atoms with Gasteiger partial charge in [0, 0.05) is 18.8 Å². The molecule has 1 aliphatic carbocycles. The Morgan fingerprint density at radius 3 is 2.87 bits per heavy atom. The Morgan fingerprint density at radius 2 is 2.13 bits per heavy atom. The maximum Gasteiger partial charge on any atom is 0.328 e. The van der Waals surface area contributed by atoms with Gasteiger partial charge in [-0.3, -0.25) is 0 Å². The van der Waals surface area contributed by atoms with Gasteiger partial charge >= 0.3 is 6.03 Å². The number of hydrogen-bond acceptors (Lipinski definition) is 8. The number of fused-ring (bicyclic) bond motifs is 1. The molecule has 1 amide bonds. The average molecular weight is 418 g/mol. The van der Waals surface area contributed by atoms with Gasteiger partial charge in [0.1, 0.15) is 19.0 Å². The molecule has 0 radical (unpaired) electrons. The van der Waals surface area contributed by atoms with Crippen LogP contribution in [-0.2, 0) is 6.54 Å². The number of hydrogen-bond donors (Lipinski definition) is 3. The molecule has 3 N–H and O–H groups in total. The van der Waals surface area contributed by atoms with E-state index < -0.39 is 0 Å². The maximum atomic E-state index is 12.7. The summed E-state index contributed by atoms with van der Waals surface area (Å²) in [6.07, 6.45) is 7.82. The van der Waals surface area contributed by atoms with Crippen LogP contribution in [0.15, 0.2) is 43.2 Å². The summed E-state index contributed by atoms with van der Waals surface area (Å²) >= 11 is 0. The van der Waals surface area contributed by atoms with Gasteiger partial charge in [0.15, 0.2) is 17.0 Å². The Morgan fingerprint density at radius 1 is 1.23 bits per heavy atom. The van der Waals surface area contributed by atoms with E-state index in [-0.39, 0.29) is 12.1 Å². The van der Waals surface area contributed by atoms with Crippen molar-refractivity contribution in [2.45, 2.75) is 31.8 Å². The molecular weight excluding hydrogens is 396 g/mol. The van der Waals surface area contributed by atoms with E-state index in [2.05, 4.69) is 41.0 Å². The van der Waals surface area contributed by atoms with Crippen molar-refractivity contribution in [2.24, 2.45) is 0 Å². The summed E-state index contributed by atoms with van der Waals surface area (Å²) in [5.74, 6) is 0.911. The van der Waals surface area contributed by atoms with Crippen molar-refractivity contribution in [2.75, 3.05) is 17.7 Å². The molecule has 11 heteroatoms. The highest BCUT2D eigenvalue weighted by molar-refractivity contribution is 5.92. The number of carbonyl (C=O) groups excluding carboxylic acids is 1. The maximum absolute atomic E-state index is 12.7. The summed E-state index contributed by atoms with van der Waals surface area (Å²) in [5.41, 5.74) is 2.86. The third-order valence-corrected chi connectivity index (χ3v) is 5.28. The molecule has 0 spiro atoms. The first-order valence-electron chi connectivity index (χ1n) is 10.1. The molecule has 1 aromatic carbocycles. The minimum Gasteiger partial charge on any atom is -0.371 e. The van der Waals surface area contributed by atoms with Crippen LogP contribution in [0.1, 0.15) is 24.8 Å². The highest BCUT2D eigenvalue weighted by atomic mass is 16.2. The van der Waals surface area contributed by atoms with Crippen LogP contribution in [0.4, 0.5) is 22.2 Å². The van der Waals surface area contributed by atoms with Crippen LogP contribution >= 0.6 is 0 Å². The Hall–Kier alpha value is -4.02. The van der Waals surface area contributed by atoms with Gasteiger partial charge in [0.25, 0.3) is 0 Å². The third-order valence-electron chi connectivity index (χ3n) is 5.28. The zero-order valence-corrected chi connectivity index (χ0v) is 17.0. The van der Waals surface area contributed by atoms with E-state index in [1.165, 1.54) is 17.2 Å². The van der Waals surface area contributed by atoms with Crippen molar-refractivity contribution >= 4 is 34.6 Å². The fraction of sp³-hybridized carbons (Fsp3) is 0.300. The van der Waals surface area contributed by atoms with Gasteiger partial charge in [-0.25, -0.2) is 24.0 Å². The quantitative estimate of drug-likeness (QED) is 0.435. The lowest BCUT2D eigenvalue weighted by molar-refractivity contribution is 0.230. The Labute approximate surface area is 177 Å². The van der Waals surface area contributed by atoms with Gasteiger partial charge in [-0.05, 0) is 37.0 Å². The Bertz CT molecular complexity index is 1210. The molecule has 0 aliphatic heterocycles. The van der Waals surface area contributed by atoms with Gasteiger partial charge in [0.05, 0.1) is 6.54 Å². The molecule has 11 nitrogen and oxygen atoms in total. The summed E-state index contributed by atoms with van der Waals surface area (Å²) < 4.78 is 3.18. The molecule has 1 saturated carbocycles. The summed E-state index contributed by atoms with van der Waals surface area (Å²) in [6.45, 7) is 0.602. The normalized spacial score (nSPS) is 13.7. The second-order valence-electron chi connectivity index (χ2n) is 7.43. The first-order valence-corrected chi connectivity index (χ1v) is 10.1. The number of carbonyl (C=O) groups is 1. The van der Waals surface area contributed by atoms with Crippen LogP contribution in [0.3, 0.4) is 0 Å². The van der Waals surface area contributed by atoms with Gasteiger partial charge in [-0.15, -0.1) is 0 Å². The predicted octanol–water partition coefficient (Wildman–Crippen LogP) is 2.36. The third kappa shape index (κ3) is 3.89. The standard InChI is InChI=1S/C20H22N10O/c1-21-17-16-18(30(12-23-16)20(31)26-14-5-3-6-14)28-19(27-17)25-15-7-2-4-13(8-15)9-29-11-22-10-24-29/h2,4,7-8,10-12,14H,3,5-6,9H2,1H3,(H,26,31)(H2,21,25,27,28). The van der Waals surface area contributed by atoms with Crippen LogP contribution in [0.5, 0.6) is 0 Å². The van der Waals surface area contributed by atoms with Crippen LogP contribution in [-0.4, -0.2) is 53.4 Å². The first kappa shape index (κ1) is 19.0. The molecule has 5 rings (SSSR count). The van der Waals surface area contributed by atoms with Crippen LogP contribution < -0.4 is 16.0 Å². The van der Waals surface area contributed by atoms with Crippen molar-refractivity contribution in [3.05, 3.63) is 48.8 Å². The monoisotopic (exact) mass is 418 g/mol. The summed E-state index contributed by atoms with van der Waals surface area (Å²) in [4.78, 5) is 30.1. The Kier molecular flexibility index (Phi) is 4.90. The van der Waals surface area contributed by atoms with Gasteiger partial charge < -0.3 is 16.0 Å². The summed E-state index contributed by atoms with van der Waals surface area (Å²) in [7, 11) is 1.76. The van der Waals surface area contributed by atoms with E-state index in [0.29, 0.717) is 29.5 Å². The van der Waals surface area contributed by atoms with E-state index in [9.17, 15) is 4.79 Å². The van der Waals surface area contributed by atoms with E-state index in [1.54, 1.807) is 18.1 Å². The molecule has 158 valence electrons. The topological polar surface area (TPSA) is 127 Å². The van der Waals surface area contributed by atoms with Crippen LogP contribution in [0, 0.1) is 0 Å². The zero-order chi connectivity index (χ0) is 21.2. The van der Waals surface area contributed by atoms with E-state index in [1.807, 2.05) is 24.3 Å². The van der Waals surface area contributed by atoms with Gasteiger partial charge in [-0.2, -0.15) is 15.1 Å². The average Bonchev–Trinajstić information content (AvgIpc) is 3.40. The molecule has 1 aliphatic rings. The molecular formula is C20H22N10O. The number of anilines is 3. The molecule has 0 saturated heterocycles. The molecule has 31 heavy (non-hydrogen) atoms. The lowest BCUT2D eigenvalue weighted by Crippen LogP contribution is -2.41. The van der Waals surface area contributed by atoms with E-state index >= 15 is 0 Å². The highest BCUT2D eigenvalue weighted by Crippen LogP contribution is 2.24. The van der Waals surface area contributed by atoms with Crippen molar-refractivity contribution in [3.8, 4) is 0 Å². The molecule has 3 aromatic heterocycles. The van der Waals surface area contributed by atoms with Gasteiger partial charge in [-0.1, -0.05) is 12.1 Å². The largest absolute Gasteiger partial charge is 0.371 e. The predicted molar refractivity (Wildman–Crippen MR) is 115 cm³/mol. The van der Waals surface area contributed by atoms with Crippen molar-refractivity contribution in [1.29, 1.82) is 0 Å². The summed E-state index contributed by atoms with van der Waals surface area (Å²) in [5, 5.41) is 13.4. The van der Waals surface area contributed by atoms with Gasteiger partial charge in [0.2, 0.25) is 5.95 Å². The number of nitrogens with zero attached hydrogens (tertiary/aromatic N) is 7. The fourth-order valence-corrected chi connectivity index (χ4v) is 3.45. The fourth-order valence-electron chi connectivity index (χ4n) is 3.45. The lowest BCUT2D eigenvalue weighted by Gasteiger charge is -2.26. The number of benzene rings is 1. The smallest absolute Gasteiger partial charge is 0.328 e. The molecule has 1 fully saturated rings. The molecule has 0 unspecified atom stereocenters. The van der Waals surface area contributed by atoms with Crippen molar-refractivity contribution in [3.63, 3.8) is 0 Å². The number of amides is 1. The number of rotatable bonds is 6. The minimum absolute atomic E-state index is 0.223. The van der Waals surface area contributed by atoms with E-state index in [0.717, 1.165) is 30.5 Å². The zero-order valence-electron chi connectivity index (χ0n) is 17.0. The minimum atomic E-state index is -0.228. The van der Waals surface area contributed by atoms with Crippen LogP contribution in [0.25, 0.3) is 11.2 Å². The van der Waals surface area contributed by atoms with Crippen molar-refractivity contribution in [1.82, 2.24) is 39.6 Å². The summed E-state index contributed by atoms with van der Waals surface area (Å²) in [6, 6.07) is 7.88. The Balaban J connectivity index is 1.43. The SMILES string of the molecule is CNc1nc(Nc2cccc(Cn3cncn3)c2)nc2c1ncn2C(=O)NC1CCC1. The van der Waals surface area contributed by atoms with Crippen molar-refractivity contribution < 1.29 is 4.79 Å². The van der Waals surface area contributed by atoms with E-state index in [4.69, 9.17) is 0 Å². The molecule has 3 heterocycles. The molecule has 0 atom stereocenters. The first-order chi connectivity index (χ1) is 15.2. The second-order valence-corrected chi connectivity index (χ2v) is 7.43. The van der Waals surface area contributed by atoms with Crippen LogP contribution in [0.2, 0.25) is 0 Å². The number of nitrogens with one attached hydrogen (secondary N) is 3. The lowest BCUT2D eigenvalue weighted by atomic mass is 9.93. The molecule has 0 bridgehead atoms. The number of aromatic nitrogens is 7. The second kappa shape index (κ2) is 8.01. The number of imidazole rings is 1. The highest BCUT2D eigenvalue weighted by Gasteiger charge is 2.22. The molecule has 4 aromatic rings.